The van der Waals surface area contributed by atoms with Crippen molar-refractivity contribution >= 4 is 40.2 Å². The molecule has 4 aliphatic carbocycles. The lowest BCUT2D eigenvalue weighted by Crippen LogP contribution is -2.57. The Balaban J connectivity index is 1.53. The Kier molecular flexibility index (Phi) is 6.94. The van der Waals surface area contributed by atoms with Gasteiger partial charge in [0.15, 0.2) is 0 Å². The summed E-state index contributed by atoms with van der Waals surface area (Å²) in [7, 11) is 0. The van der Waals surface area contributed by atoms with Crippen molar-refractivity contribution in [3.05, 3.63) is 0 Å². The van der Waals surface area contributed by atoms with Gasteiger partial charge in [0.2, 0.25) is 0 Å². The molecule has 4 fully saturated rings. The summed E-state index contributed by atoms with van der Waals surface area (Å²) >= 11 is 2.32. The van der Waals surface area contributed by atoms with E-state index in [1.54, 1.807) is 0 Å². The molecule has 0 bridgehead atoms. The molecule has 1 N–H and O–H groups in total. The van der Waals surface area contributed by atoms with E-state index in [1.165, 1.54) is 25.7 Å². The van der Waals surface area contributed by atoms with Gasteiger partial charge in [-0.3, -0.25) is 9.59 Å². The molecular formula is C24H38IO4P. The number of ketones is 1. The Hall–Kier alpha value is 0.260. The van der Waals surface area contributed by atoms with Gasteiger partial charge in [-0.25, -0.2) is 0 Å². The van der Waals surface area contributed by atoms with Gasteiger partial charge in [0.25, 0.3) is 0 Å². The number of rotatable bonds is 6. The predicted molar refractivity (Wildman–Crippen MR) is 129 cm³/mol. The van der Waals surface area contributed by atoms with Crippen LogP contribution in [-0.2, 0) is 14.1 Å². The lowest BCUT2D eigenvalue weighted by atomic mass is 9.44. The third-order valence-electron chi connectivity index (χ3n) is 10.2. The van der Waals surface area contributed by atoms with Gasteiger partial charge in [-0.2, -0.15) is 0 Å². The van der Waals surface area contributed by atoms with Gasteiger partial charge in [-0.1, -0.05) is 20.8 Å². The average molecular weight is 548 g/mol. The lowest BCUT2D eigenvalue weighted by molar-refractivity contribution is -0.159. The van der Waals surface area contributed by atoms with Crippen LogP contribution in [0.2, 0.25) is 0 Å². The van der Waals surface area contributed by atoms with E-state index in [4.69, 9.17) is 9.63 Å². The molecule has 30 heavy (non-hydrogen) atoms. The number of carbonyl (C=O) groups excluding carboxylic acids is 1. The van der Waals surface area contributed by atoms with Crippen molar-refractivity contribution in [3.8, 4) is 0 Å². The van der Waals surface area contributed by atoms with Crippen LogP contribution in [0.3, 0.4) is 0 Å². The summed E-state index contributed by atoms with van der Waals surface area (Å²) in [4.78, 5) is 24.6. The fourth-order valence-corrected chi connectivity index (χ4v) is 10.0. The highest BCUT2D eigenvalue weighted by molar-refractivity contribution is 14.2. The molecule has 0 aliphatic heterocycles. The van der Waals surface area contributed by atoms with Gasteiger partial charge in [-0.15, -0.1) is 0 Å². The Morgan fingerprint density at radius 2 is 1.90 bits per heavy atom. The summed E-state index contributed by atoms with van der Waals surface area (Å²) in [5, 5.41) is 9.13. The number of Topliss-reactive ketones (excluding diaryl/α,β-unsaturated/α-hetero) is 1. The second-order valence-electron chi connectivity index (χ2n) is 11.3. The van der Waals surface area contributed by atoms with Crippen molar-refractivity contribution < 1.29 is 19.2 Å². The normalized spacial score (nSPS) is 47.0. The molecule has 170 valence electrons. The van der Waals surface area contributed by atoms with E-state index >= 15 is 0 Å². The first-order chi connectivity index (χ1) is 14.2. The predicted octanol–water partition coefficient (Wildman–Crippen LogP) is 6.65. The third-order valence-corrected chi connectivity index (χ3v) is 11.4. The molecule has 10 atom stereocenters. The van der Waals surface area contributed by atoms with Crippen LogP contribution < -0.4 is 0 Å². The lowest BCUT2D eigenvalue weighted by Gasteiger charge is -2.60. The molecule has 0 heterocycles. The Bertz CT molecular complexity index is 686. The summed E-state index contributed by atoms with van der Waals surface area (Å²) in [6.45, 7) is 7.70. The first-order valence-corrected chi connectivity index (χ1v) is 16.0. The van der Waals surface area contributed by atoms with E-state index in [9.17, 15) is 9.59 Å². The van der Waals surface area contributed by atoms with Crippen molar-refractivity contribution in [2.45, 2.75) is 91.1 Å². The van der Waals surface area contributed by atoms with Crippen LogP contribution in [0.5, 0.6) is 0 Å². The van der Waals surface area contributed by atoms with Gasteiger partial charge in [0, 0.05) is 18.8 Å². The van der Waals surface area contributed by atoms with Crippen LogP contribution in [0.25, 0.3) is 0 Å². The monoisotopic (exact) mass is 548 g/mol. The van der Waals surface area contributed by atoms with Crippen molar-refractivity contribution in [3.63, 3.8) is 0 Å². The molecule has 0 saturated heterocycles. The van der Waals surface area contributed by atoms with E-state index < -0.39 is 5.97 Å². The molecule has 0 aromatic rings. The van der Waals surface area contributed by atoms with Crippen molar-refractivity contribution in [2.75, 3.05) is 0 Å². The second kappa shape index (κ2) is 8.89. The fraction of sp³-hybridized carbons (Fsp3) is 0.917. The second-order valence-corrected chi connectivity index (χ2v) is 13.1. The maximum absolute atomic E-state index is 13.5. The third kappa shape index (κ3) is 3.91. The topological polar surface area (TPSA) is 63.6 Å². The van der Waals surface area contributed by atoms with Crippen LogP contribution in [-0.4, -0.2) is 23.0 Å². The highest BCUT2D eigenvalue weighted by Gasteiger charge is 2.63. The number of aliphatic carboxylic acids is 1. The quantitative estimate of drug-likeness (QED) is 0.298. The van der Waals surface area contributed by atoms with Crippen LogP contribution >= 0.6 is 28.5 Å². The number of carboxylic acids is 1. The summed E-state index contributed by atoms with van der Waals surface area (Å²) in [5.74, 6) is 2.62. The minimum atomic E-state index is -0.686. The SMILES string of the molecule is C[C@H](CCC(=O)O)C1CCC2C3C(=O)CC4C[C@H](OPI)CCC4(C)C3CCC21C. The summed E-state index contributed by atoms with van der Waals surface area (Å²) in [6.07, 6.45) is 10.3. The fourth-order valence-electron chi connectivity index (χ4n) is 8.59. The molecule has 0 radical (unpaired) electrons. The number of carbonyl (C=O) groups is 2. The zero-order chi connectivity index (χ0) is 21.7. The molecule has 0 spiro atoms. The zero-order valence-corrected chi connectivity index (χ0v) is 21.8. The molecule has 6 heteroatoms. The molecule has 4 saturated carbocycles. The minimum absolute atomic E-state index is 0.209. The first-order valence-electron chi connectivity index (χ1n) is 12.0. The highest BCUT2D eigenvalue weighted by atomic mass is 127. The molecule has 4 rings (SSSR count). The molecule has 4 aliphatic rings. The molecule has 0 aromatic heterocycles. The minimum Gasteiger partial charge on any atom is -0.481 e. The van der Waals surface area contributed by atoms with Crippen molar-refractivity contribution in [1.82, 2.24) is 0 Å². The molecule has 8 unspecified atom stereocenters. The van der Waals surface area contributed by atoms with Gasteiger partial charge in [-0.05, 0) is 114 Å². The smallest absolute Gasteiger partial charge is 0.303 e. The van der Waals surface area contributed by atoms with Crippen molar-refractivity contribution in [2.24, 2.45) is 46.3 Å². The Morgan fingerprint density at radius 1 is 1.20 bits per heavy atom. The maximum Gasteiger partial charge on any atom is 0.303 e. The summed E-state index contributed by atoms with van der Waals surface area (Å²) in [5.41, 5.74) is 0.502. The molecule has 0 aromatic carbocycles. The largest absolute Gasteiger partial charge is 0.481 e. The van der Waals surface area contributed by atoms with Gasteiger partial charge < -0.3 is 9.63 Å². The zero-order valence-electron chi connectivity index (χ0n) is 18.7. The molecular weight excluding hydrogens is 510 g/mol. The number of halogens is 1. The van der Waals surface area contributed by atoms with Crippen LogP contribution in [0, 0.1) is 46.3 Å². The van der Waals surface area contributed by atoms with E-state index in [1.807, 2.05) is 0 Å². The number of fused-ring (bicyclic) bond motifs is 5. The number of hydrogen-bond donors (Lipinski definition) is 1. The average Bonchev–Trinajstić information content (AvgIpc) is 3.04. The van der Waals surface area contributed by atoms with Crippen LogP contribution in [0.1, 0.15) is 85.0 Å². The highest BCUT2D eigenvalue weighted by Crippen LogP contribution is 2.67. The van der Waals surface area contributed by atoms with Crippen molar-refractivity contribution in [1.29, 1.82) is 0 Å². The summed E-state index contributed by atoms with van der Waals surface area (Å²) < 4.78 is 5.97. The summed E-state index contributed by atoms with van der Waals surface area (Å²) in [6, 6.07) is 0. The van der Waals surface area contributed by atoms with E-state index in [-0.39, 0.29) is 17.8 Å². The van der Waals surface area contributed by atoms with E-state index in [2.05, 4.69) is 42.8 Å². The van der Waals surface area contributed by atoms with Gasteiger partial charge in [0.05, 0.1) is 12.6 Å². The number of carboxylic acid groups (broad SMARTS) is 1. The first kappa shape index (κ1) is 23.4. The van der Waals surface area contributed by atoms with Crippen LogP contribution in [0.4, 0.5) is 0 Å². The molecule has 4 nitrogen and oxygen atoms in total. The number of hydrogen-bond acceptors (Lipinski definition) is 3. The van der Waals surface area contributed by atoms with Gasteiger partial charge >= 0.3 is 5.97 Å². The standard InChI is InChI=1S/C24H38IO4P/c1-14(4-7-21(27)28)17-5-6-18-22-19(9-11-24(17,18)3)23(2)10-8-16(29-30-25)12-15(23)13-20(22)26/h14-19,22,30H,4-13H2,1-3H3,(H,27,28)/t14-,15?,16-,17?,18?,19?,22?,23?,24?/m1/s1. The van der Waals surface area contributed by atoms with Crippen LogP contribution in [0.15, 0.2) is 0 Å². The Labute approximate surface area is 196 Å². The van der Waals surface area contributed by atoms with Gasteiger partial charge in [0.1, 0.15) is 5.78 Å². The maximum atomic E-state index is 13.5. The van der Waals surface area contributed by atoms with E-state index in [0.717, 1.165) is 32.1 Å². The van der Waals surface area contributed by atoms with E-state index in [0.29, 0.717) is 53.3 Å². The Morgan fingerprint density at radius 3 is 2.60 bits per heavy atom. The molecule has 0 amide bonds.